The smallest absolute Gasteiger partial charge is 0.147 e. The van der Waals surface area contributed by atoms with Crippen LogP contribution in [-0.4, -0.2) is 35.7 Å². The SMILES string of the molecule is COC1CCCN(c2snc(N)c2-c2ccncc2)C1. The minimum Gasteiger partial charge on any atom is -0.382 e. The van der Waals surface area contributed by atoms with Crippen LogP contribution in [0.15, 0.2) is 24.5 Å². The van der Waals surface area contributed by atoms with Gasteiger partial charge in [-0.1, -0.05) is 0 Å². The molecular weight excluding hydrogens is 272 g/mol. The van der Waals surface area contributed by atoms with Crippen LogP contribution in [0.1, 0.15) is 12.8 Å². The summed E-state index contributed by atoms with van der Waals surface area (Å²) in [5, 5.41) is 1.13. The van der Waals surface area contributed by atoms with Gasteiger partial charge in [0.25, 0.3) is 0 Å². The summed E-state index contributed by atoms with van der Waals surface area (Å²) in [6.45, 7) is 1.93. The van der Waals surface area contributed by atoms with Gasteiger partial charge in [0.1, 0.15) is 10.8 Å². The molecule has 1 aliphatic rings. The molecule has 0 amide bonds. The van der Waals surface area contributed by atoms with Gasteiger partial charge in [-0.05, 0) is 42.1 Å². The van der Waals surface area contributed by atoms with E-state index >= 15 is 0 Å². The molecule has 1 aliphatic heterocycles. The summed E-state index contributed by atoms with van der Waals surface area (Å²) >= 11 is 1.47. The highest BCUT2D eigenvalue weighted by Crippen LogP contribution is 2.40. The summed E-state index contributed by atoms with van der Waals surface area (Å²) in [6, 6.07) is 3.95. The van der Waals surface area contributed by atoms with Crippen LogP contribution < -0.4 is 10.6 Å². The molecule has 5 nitrogen and oxygen atoms in total. The van der Waals surface area contributed by atoms with Gasteiger partial charge in [0.15, 0.2) is 0 Å². The highest BCUT2D eigenvalue weighted by molar-refractivity contribution is 7.11. The van der Waals surface area contributed by atoms with Crippen LogP contribution in [0.3, 0.4) is 0 Å². The van der Waals surface area contributed by atoms with E-state index in [4.69, 9.17) is 10.5 Å². The third kappa shape index (κ3) is 2.48. The molecule has 1 atom stereocenters. The van der Waals surface area contributed by atoms with Crippen LogP contribution >= 0.6 is 11.5 Å². The fourth-order valence-electron chi connectivity index (χ4n) is 2.61. The molecule has 0 aliphatic carbocycles. The van der Waals surface area contributed by atoms with Crippen molar-refractivity contribution >= 4 is 22.4 Å². The fourth-order valence-corrected chi connectivity index (χ4v) is 3.49. The number of anilines is 2. The Balaban J connectivity index is 1.95. The number of nitrogens with two attached hydrogens (primary N) is 1. The van der Waals surface area contributed by atoms with Crippen LogP contribution in [0.4, 0.5) is 10.8 Å². The molecule has 1 fully saturated rings. The molecule has 0 bridgehead atoms. The van der Waals surface area contributed by atoms with Crippen molar-refractivity contribution in [2.45, 2.75) is 18.9 Å². The van der Waals surface area contributed by atoms with E-state index < -0.39 is 0 Å². The Morgan fingerprint density at radius 3 is 2.95 bits per heavy atom. The molecule has 106 valence electrons. The highest BCUT2D eigenvalue weighted by Gasteiger charge is 2.25. The summed E-state index contributed by atoms with van der Waals surface area (Å²) in [5.41, 5.74) is 8.16. The second-order valence-corrected chi connectivity index (χ2v) is 5.68. The zero-order chi connectivity index (χ0) is 13.9. The molecule has 1 unspecified atom stereocenters. The number of pyridine rings is 1. The Bertz CT molecular complexity index is 572. The molecule has 0 saturated carbocycles. The van der Waals surface area contributed by atoms with E-state index in [1.807, 2.05) is 12.1 Å². The second-order valence-electron chi connectivity index (χ2n) is 4.93. The number of piperidine rings is 1. The van der Waals surface area contributed by atoms with Crippen LogP contribution in [0.5, 0.6) is 0 Å². The van der Waals surface area contributed by atoms with E-state index in [2.05, 4.69) is 14.3 Å². The van der Waals surface area contributed by atoms with Gasteiger partial charge in [0, 0.05) is 32.6 Å². The number of hydrogen-bond acceptors (Lipinski definition) is 6. The lowest BCUT2D eigenvalue weighted by molar-refractivity contribution is 0.0895. The zero-order valence-electron chi connectivity index (χ0n) is 11.5. The van der Waals surface area contributed by atoms with Crippen molar-refractivity contribution in [2.24, 2.45) is 0 Å². The molecule has 2 aromatic rings. The Morgan fingerprint density at radius 1 is 1.40 bits per heavy atom. The summed E-state index contributed by atoms with van der Waals surface area (Å²) in [7, 11) is 1.78. The topological polar surface area (TPSA) is 64.3 Å². The van der Waals surface area contributed by atoms with E-state index in [1.165, 1.54) is 11.5 Å². The first kappa shape index (κ1) is 13.3. The minimum absolute atomic E-state index is 0.289. The average molecular weight is 290 g/mol. The Hall–Kier alpha value is -1.66. The number of aromatic nitrogens is 2. The third-order valence-corrected chi connectivity index (χ3v) is 4.59. The van der Waals surface area contributed by atoms with E-state index in [-0.39, 0.29) is 6.10 Å². The van der Waals surface area contributed by atoms with Gasteiger partial charge in [0.2, 0.25) is 0 Å². The van der Waals surface area contributed by atoms with Gasteiger partial charge in [-0.15, -0.1) is 0 Å². The van der Waals surface area contributed by atoms with Crippen molar-refractivity contribution in [2.75, 3.05) is 30.8 Å². The van der Waals surface area contributed by atoms with Crippen LogP contribution in [0.2, 0.25) is 0 Å². The van der Waals surface area contributed by atoms with Crippen LogP contribution in [-0.2, 0) is 4.74 Å². The van der Waals surface area contributed by atoms with Crippen molar-refractivity contribution in [3.05, 3.63) is 24.5 Å². The van der Waals surface area contributed by atoms with E-state index in [1.54, 1.807) is 19.5 Å². The van der Waals surface area contributed by atoms with Gasteiger partial charge in [-0.3, -0.25) is 4.98 Å². The Morgan fingerprint density at radius 2 is 2.20 bits per heavy atom. The molecule has 3 rings (SSSR count). The van der Waals surface area contributed by atoms with Gasteiger partial charge < -0.3 is 15.4 Å². The second kappa shape index (κ2) is 5.76. The summed E-state index contributed by atoms with van der Waals surface area (Å²) in [5.74, 6) is 0.593. The molecule has 0 spiro atoms. The Kier molecular flexibility index (Phi) is 3.84. The van der Waals surface area contributed by atoms with Crippen LogP contribution in [0.25, 0.3) is 11.1 Å². The first-order valence-corrected chi connectivity index (χ1v) is 7.50. The zero-order valence-corrected chi connectivity index (χ0v) is 12.3. The van der Waals surface area contributed by atoms with Crippen molar-refractivity contribution in [1.29, 1.82) is 0 Å². The lowest BCUT2D eigenvalue weighted by Gasteiger charge is -2.33. The van der Waals surface area contributed by atoms with E-state index in [0.29, 0.717) is 5.82 Å². The predicted octanol–water partition coefficient (Wildman–Crippen LogP) is 2.40. The lowest BCUT2D eigenvalue weighted by atomic mass is 10.1. The van der Waals surface area contributed by atoms with Crippen molar-refractivity contribution in [1.82, 2.24) is 9.36 Å². The molecule has 20 heavy (non-hydrogen) atoms. The van der Waals surface area contributed by atoms with Crippen molar-refractivity contribution < 1.29 is 4.74 Å². The number of ether oxygens (including phenoxy) is 1. The standard InChI is InChI=1S/C14H18N4OS/c1-19-11-3-2-8-18(9-11)14-12(13(15)17-20-14)10-4-6-16-7-5-10/h4-7,11H,2-3,8-9H2,1H3,(H2,15,17). The van der Waals surface area contributed by atoms with Crippen molar-refractivity contribution in [3.63, 3.8) is 0 Å². The first-order valence-electron chi connectivity index (χ1n) is 6.73. The lowest BCUT2D eigenvalue weighted by Crippen LogP contribution is -2.39. The van der Waals surface area contributed by atoms with Crippen molar-refractivity contribution in [3.8, 4) is 11.1 Å². The summed E-state index contributed by atoms with van der Waals surface area (Å²) in [6.07, 6.45) is 6.10. The minimum atomic E-state index is 0.289. The number of methoxy groups -OCH3 is 1. The molecule has 6 heteroatoms. The number of rotatable bonds is 3. The molecular formula is C14H18N4OS. The molecule has 1 saturated heterocycles. The first-order chi connectivity index (χ1) is 9.79. The maximum Gasteiger partial charge on any atom is 0.147 e. The van der Waals surface area contributed by atoms with Gasteiger partial charge >= 0.3 is 0 Å². The normalized spacial score (nSPS) is 19.2. The van der Waals surface area contributed by atoms with Gasteiger partial charge in [-0.25, -0.2) is 0 Å². The molecule has 0 radical (unpaired) electrons. The van der Waals surface area contributed by atoms with E-state index in [0.717, 1.165) is 42.1 Å². The molecule has 3 heterocycles. The quantitative estimate of drug-likeness (QED) is 0.940. The highest BCUT2D eigenvalue weighted by atomic mass is 32.1. The van der Waals surface area contributed by atoms with Crippen LogP contribution in [0, 0.1) is 0 Å². The predicted molar refractivity (Wildman–Crippen MR) is 82.0 cm³/mol. The molecule has 2 N–H and O–H groups in total. The third-order valence-electron chi connectivity index (χ3n) is 3.67. The Labute approximate surface area is 122 Å². The monoisotopic (exact) mass is 290 g/mol. The summed E-state index contributed by atoms with van der Waals surface area (Å²) in [4.78, 5) is 6.40. The average Bonchev–Trinajstić information content (AvgIpc) is 2.90. The molecule has 2 aromatic heterocycles. The van der Waals surface area contributed by atoms with Gasteiger partial charge in [-0.2, -0.15) is 4.37 Å². The molecule has 0 aromatic carbocycles. The summed E-state index contributed by atoms with van der Waals surface area (Å²) < 4.78 is 9.83. The number of nitrogens with zero attached hydrogens (tertiary/aromatic N) is 3. The number of nitrogen functional groups attached to an aromatic ring is 1. The number of hydrogen-bond donors (Lipinski definition) is 1. The van der Waals surface area contributed by atoms with Gasteiger partial charge in [0.05, 0.1) is 11.7 Å². The maximum absolute atomic E-state index is 6.07. The van der Waals surface area contributed by atoms with E-state index in [9.17, 15) is 0 Å². The fraction of sp³-hybridized carbons (Fsp3) is 0.429. The maximum atomic E-state index is 6.07. The largest absolute Gasteiger partial charge is 0.382 e.